The van der Waals surface area contributed by atoms with Crippen LogP contribution in [0.1, 0.15) is 29.8 Å². The van der Waals surface area contributed by atoms with Gasteiger partial charge in [-0.15, -0.1) is 0 Å². The number of hydrogen-bond acceptors (Lipinski definition) is 4. The van der Waals surface area contributed by atoms with E-state index in [0.717, 1.165) is 60.2 Å². The molecule has 2 aromatic carbocycles. The Labute approximate surface area is 176 Å². The van der Waals surface area contributed by atoms with Crippen LogP contribution in [0.25, 0.3) is 11.0 Å². The lowest BCUT2D eigenvalue weighted by molar-refractivity contribution is 0.0624. The molecule has 0 unspecified atom stereocenters. The van der Waals surface area contributed by atoms with Crippen molar-refractivity contribution in [1.82, 2.24) is 19.8 Å². The first-order chi connectivity index (χ1) is 14.1. The molecule has 1 aliphatic rings. The number of aromatic amines is 1. The van der Waals surface area contributed by atoms with E-state index in [9.17, 15) is 4.79 Å². The van der Waals surface area contributed by atoms with Crippen molar-refractivity contribution in [3.05, 3.63) is 59.7 Å². The first-order valence-electron chi connectivity index (χ1n) is 10.3. The molecule has 4 rings (SSSR count). The van der Waals surface area contributed by atoms with Gasteiger partial charge in [-0.3, -0.25) is 9.69 Å². The number of thioether (sulfide) groups is 1. The lowest BCUT2D eigenvalue weighted by Crippen LogP contribution is -2.49. The maximum absolute atomic E-state index is 12.8. The van der Waals surface area contributed by atoms with Gasteiger partial charge in [0.1, 0.15) is 0 Å². The molecular weight excluding hydrogens is 380 g/mol. The fraction of sp³-hybridized carbons (Fsp3) is 0.391. The van der Waals surface area contributed by atoms with Crippen molar-refractivity contribution in [1.29, 1.82) is 0 Å². The summed E-state index contributed by atoms with van der Waals surface area (Å²) in [6.45, 7) is 9.16. The molecule has 152 valence electrons. The standard InChI is InChI=1S/C23H28N4OS/c1-17(2)15-26-11-13-27(14-12-26)22(28)19-9-7-18(8-10-19)16-29-23-24-20-5-3-4-6-21(20)25-23/h3-10,17H,11-16H2,1-2H3,(H,24,25). The molecule has 5 nitrogen and oxygen atoms in total. The highest BCUT2D eigenvalue weighted by Crippen LogP contribution is 2.23. The minimum Gasteiger partial charge on any atom is -0.336 e. The number of piperazine rings is 1. The van der Waals surface area contributed by atoms with Gasteiger partial charge in [-0.25, -0.2) is 4.98 Å². The third-order valence-electron chi connectivity index (χ3n) is 5.23. The molecule has 0 atom stereocenters. The Morgan fingerprint density at radius 2 is 1.79 bits per heavy atom. The molecule has 0 spiro atoms. The highest BCUT2D eigenvalue weighted by Gasteiger charge is 2.22. The van der Waals surface area contributed by atoms with E-state index in [-0.39, 0.29) is 5.91 Å². The quantitative estimate of drug-likeness (QED) is 0.619. The summed E-state index contributed by atoms with van der Waals surface area (Å²) in [6.07, 6.45) is 0. The number of benzene rings is 2. The number of hydrogen-bond donors (Lipinski definition) is 1. The predicted molar refractivity (Wildman–Crippen MR) is 119 cm³/mol. The van der Waals surface area contributed by atoms with Crippen molar-refractivity contribution in [2.24, 2.45) is 5.92 Å². The zero-order valence-electron chi connectivity index (χ0n) is 17.1. The van der Waals surface area contributed by atoms with Gasteiger partial charge in [0.15, 0.2) is 5.16 Å². The summed E-state index contributed by atoms with van der Waals surface area (Å²) in [6, 6.07) is 16.1. The summed E-state index contributed by atoms with van der Waals surface area (Å²) < 4.78 is 0. The van der Waals surface area contributed by atoms with Crippen LogP contribution in [-0.2, 0) is 5.75 Å². The lowest BCUT2D eigenvalue weighted by atomic mass is 10.1. The molecule has 1 fully saturated rings. The molecule has 0 radical (unpaired) electrons. The van der Waals surface area contributed by atoms with Crippen molar-refractivity contribution < 1.29 is 4.79 Å². The molecule has 6 heteroatoms. The molecule has 3 aromatic rings. The largest absolute Gasteiger partial charge is 0.336 e. The Morgan fingerprint density at radius 1 is 1.07 bits per heavy atom. The summed E-state index contributed by atoms with van der Waals surface area (Å²) in [5.41, 5.74) is 4.02. The van der Waals surface area contributed by atoms with E-state index in [1.54, 1.807) is 11.8 Å². The minimum atomic E-state index is 0.144. The molecule has 1 saturated heterocycles. The van der Waals surface area contributed by atoms with Gasteiger partial charge in [0.05, 0.1) is 11.0 Å². The second-order valence-electron chi connectivity index (χ2n) is 8.03. The highest BCUT2D eigenvalue weighted by atomic mass is 32.2. The van der Waals surface area contributed by atoms with Crippen LogP contribution in [0, 0.1) is 5.92 Å². The first kappa shape index (κ1) is 20.0. The fourth-order valence-electron chi connectivity index (χ4n) is 3.73. The monoisotopic (exact) mass is 408 g/mol. The van der Waals surface area contributed by atoms with Gasteiger partial charge in [0, 0.05) is 44.0 Å². The molecule has 0 bridgehead atoms. The van der Waals surface area contributed by atoms with Crippen molar-refractivity contribution in [3.8, 4) is 0 Å². The summed E-state index contributed by atoms with van der Waals surface area (Å²) in [7, 11) is 0. The summed E-state index contributed by atoms with van der Waals surface area (Å²) in [5, 5.41) is 0.922. The second kappa shape index (κ2) is 9.01. The number of H-pyrrole nitrogens is 1. The molecule has 1 amide bonds. The number of carbonyl (C=O) groups excluding carboxylic acids is 1. The Bertz CT molecular complexity index is 925. The van der Waals surface area contributed by atoms with E-state index in [1.165, 1.54) is 5.56 Å². The Balaban J connectivity index is 1.31. The number of rotatable bonds is 6. The number of amides is 1. The first-order valence-corrected chi connectivity index (χ1v) is 11.2. The number of aromatic nitrogens is 2. The van der Waals surface area contributed by atoms with E-state index in [1.807, 2.05) is 41.3 Å². The van der Waals surface area contributed by atoms with Gasteiger partial charge < -0.3 is 9.88 Å². The van der Waals surface area contributed by atoms with Crippen molar-refractivity contribution in [3.63, 3.8) is 0 Å². The number of fused-ring (bicyclic) bond motifs is 1. The van der Waals surface area contributed by atoms with Crippen LogP contribution in [0.2, 0.25) is 0 Å². The lowest BCUT2D eigenvalue weighted by Gasteiger charge is -2.35. The molecule has 1 aliphatic heterocycles. The fourth-order valence-corrected chi connectivity index (χ4v) is 4.57. The SMILES string of the molecule is CC(C)CN1CCN(C(=O)c2ccc(CSc3nc4ccccc4[nH]3)cc2)CC1. The topological polar surface area (TPSA) is 52.2 Å². The van der Waals surface area contributed by atoms with Crippen LogP contribution in [0.15, 0.2) is 53.7 Å². The normalized spacial score (nSPS) is 15.3. The van der Waals surface area contributed by atoms with E-state index in [2.05, 4.69) is 40.8 Å². The Morgan fingerprint density at radius 3 is 2.48 bits per heavy atom. The van der Waals surface area contributed by atoms with E-state index < -0.39 is 0 Å². The maximum atomic E-state index is 12.8. The number of para-hydroxylation sites is 2. The van der Waals surface area contributed by atoms with Gasteiger partial charge >= 0.3 is 0 Å². The van der Waals surface area contributed by atoms with Crippen molar-refractivity contribution >= 4 is 28.7 Å². The highest BCUT2D eigenvalue weighted by molar-refractivity contribution is 7.98. The summed E-state index contributed by atoms with van der Waals surface area (Å²) in [4.78, 5) is 25.2. The van der Waals surface area contributed by atoms with E-state index >= 15 is 0 Å². The molecule has 0 aliphatic carbocycles. The van der Waals surface area contributed by atoms with Crippen LogP contribution in [0.5, 0.6) is 0 Å². The third-order valence-corrected chi connectivity index (χ3v) is 6.17. The summed E-state index contributed by atoms with van der Waals surface area (Å²) in [5.74, 6) is 1.63. The zero-order chi connectivity index (χ0) is 20.2. The van der Waals surface area contributed by atoms with Crippen molar-refractivity contribution in [2.45, 2.75) is 24.8 Å². The Kier molecular flexibility index (Phi) is 6.21. The average Bonchev–Trinajstić information content (AvgIpc) is 3.15. The van der Waals surface area contributed by atoms with Crippen LogP contribution >= 0.6 is 11.8 Å². The smallest absolute Gasteiger partial charge is 0.253 e. The minimum absolute atomic E-state index is 0.144. The average molecular weight is 409 g/mol. The van der Waals surface area contributed by atoms with Crippen LogP contribution in [0.4, 0.5) is 0 Å². The van der Waals surface area contributed by atoms with Gasteiger partial charge in [-0.1, -0.05) is 49.9 Å². The number of nitrogens with one attached hydrogen (secondary N) is 1. The number of carbonyl (C=O) groups is 1. The Hall–Kier alpha value is -2.31. The van der Waals surface area contributed by atoms with Crippen molar-refractivity contribution in [2.75, 3.05) is 32.7 Å². The number of imidazole rings is 1. The van der Waals surface area contributed by atoms with E-state index in [4.69, 9.17) is 0 Å². The maximum Gasteiger partial charge on any atom is 0.253 e. The third kappa shape index (κ3) is 5.00. The molecule has 1 aromatic heterocycles. The summed E-state index contributed by atoms with van der Waals surface area (Å²) >= 11 is 1.68. The van der Waals surface area contributed by atoms with Gasteiger partial charge in [-0.05, 0) is 35.7 Å². The van der Waals surface area contributed by atoms with Gasteiger partial charge in [0.25, 0.3) is 5.91 Å². The molecule has 29 heavy (non-hydrogen) atoms. The van der Waals surface area contributed by atoms with E-state index in [0.29, 0.717) is 5.92 Å². The van der Waals surface area contributed by atoms with Crippen LogP contribution < -0.4 is 0 Å². The predicted octanol–water partition coefficient (Wildman–Crippen LogP) is 4.27. The van der Waals surface area contributed by atoms with Crippen LogP contribution in [0.3, 0.4) is 0 Å². The second-order valence-corrected chi connectivity index (χ2v) is 9.00. The molecule has 0 saturated carbocycles. The molecular formula is C23H28N4OS. The van der Waals surface area contributed by atoms with Gasteiger partial charge in [0.2, 0.25) is 0 Å². The number of nitrogens with zero attached hydrogens (tertiary/aromatic N) is 3. The van der Waals surface area contributed by atoms with Crippen LogP contribution in [-0.4, -0.2) is 58.4 Å². The molecule has 1 N–H and O–H groups in total. The van der Waals surface area contributed by atoms with Gasteiger partial charge in [-0.2, -0.15) is 0 Å². The zero-order valence-corrected chi connectivity index (χ0v) is 17.9. The molecule has 2 heterocycles.